The van der Waals surface area contributed by atoms with Crippen LogP contribution in [0.5, 0.6) is 0 Å². The Bertz CT molecular complexity index is 933. The van der Waals surface area contributed by atoms with Crippen molar-refractivity contribution in [1.29, 1.82) is 0 Å². The number of hydrogen-bond acceptors (Lipinski definition) is 5. The van der Waals surface area contributed by atoms with Crippen LogP contribution in [-0.4, -0.2) is 20.9 Å². The van der Waals surface area contributed by atoms with Crippen LogP contribution in [0.25, 0.3) is 0 Å². The molecule has 1 amide bonds. The molecule has 0 spiro atoms. The number of rotatable bonds is 6. The van der Waals surface area contributed by atoms with E-state index in [1.165, 1.54) is 12.3 Å². The van der Waals surface area contributed by atoms with Crippen molar-refractivity contribution in [3.8, 4) is 0 Å². The third-order valence-electron chi connectivity index (χ3n) is 3.58. The van der Waals surface area contributed by atoms with Gasteiger partial charge in [0.2, 0.25) is 0 Å². The minimum Gasteiger partial charge on any atom is -0.459 e. The summed E-state index contributed by atoms with van der Waals surface area (Å²) in [6.45, 7) is -0.0819. The normalized spacial score (nSPS) is 12.7. The number of sulfone groups is 1. The van der Waals surface area contributed by atoms with Crippen molar-refractivity contribution in [3.05, 3.63) is 76.5 Å². The summed E-state index contributed by atoms with van der Waals surface area (Å²) in [6, 6.07) is 12.9. The van der Waals surface area contributed by atoms with E-state index in [1.807, 2.05) is 0 Å². The summed E-state index contributed by atoms with van der Waals surface area (Å²) in [4.78, 5) is 12.1. The number of thiophene rings is 1. The van der Waals surface area contributed by atoms with Gasteiger partial charge in [0.1, 0.15) is 9.46 Å². The topological polar surface area (TPSA) is 76.4 Å². The molecule has 5 nitrogen and oxygen atoms in total. The van der Waals surface area contributed by atoms with Gasteiger partial charge >= 0.3 is 0 Å². The molecular weight excluding hydrogens is 382 g/mol. The SMILES string of the molecule is O=C(NC[C@H](c1ccc(Cl)cc1)S(=O)(=O)c1cccs1)c1ccco1. The minimum atomic E-state index is -3.66. The second-order valence-corrected chi connectivity index (χ2v) is 8.95. The number of carbonyl (C=O) groups excluding carboxylic acids is 1. The van der Waals surface area contributed by atoms with E-state index in [0.29, 0.717) is 10.6 Å². The zero-order chi connectivity index (χ0) is 17.9. The van der Waals surface area contributed by atoms with E-state index in [-0.39, 0.29) is 16.5 Å². The van der Waals surface area contributed by atoms with Crippen LogP contribution in [0.1, 0.15) is 21.4 Å². The molecule has 1 aromatic carbocycles. The van der Waals surface area contributed by atoms with E-state index in [2.05, 4.69) is 5.32 Å². The van der Waals surface area contributed by atoms with Gasteiger partial charge in [-0.2, -0.15) is 0 Å². The van der Waals surface area contributed by atoms with Gasteiger partial charge in [-0.3, -0.25) is 4.79 Å². The molecule has 0 unspecified atom stereocenters. The number of hydrogen-bond donors (Lipinski definition) is 1. The predicted octanol–water partition coefficient (Wildman–Crippen LogP) is 3.94. The molecule has 0 fully saturated rings. The second kappa shape index (κ2) is 7.43. The summed E-state index contributed by atoms with van der Waals surface area (Å²) in [5.41, 5.74) is 0.553. The Kier molecular flexibility index (Phi) is 5.27. The van der Waals surface area contributed by atoms with Crippen molar-refractivity contribution in [2.24, 2.45) is 0 Å². The Labute approximate surface area is 154 Å². The first-order valence-electron chi connectivity index (χ1n) is 7.33. The van der Waals surface area contributed by atoms with E-state index in [9.17, 15) is 13.2 Å². The van der Waals surface area contributed by atoms with Gasteiger partial charge in [0.15, 0.2) is 15.6 Å². The van der Waals surface area contributed by atoms with Crippen molar-refractivity contribution >= 4 is 38.7 Å². The van der Waals surface area contributed by atoms with Crippen molar-refractivity contribution < 1.29 is 17.6 Å². The summed E-state index contributed by atoms with van der Waals surface area (Å²) < 4.78 is 31.2. The van der Waals surface area contributed by atoms with Crippen molar-refractivity contribution in [3.63, 3.8) is 0 Å². The van der Waals surface area contributed by atoms with E-state index < -0.39 is 21.0 Å². The van der Waals surface area contributed by atoms with Crippen LogP contribution in [-0.2, 0) is 9.84 Å². The largest absolute Gasteiger partial charge is 0.459 e. The fourth-order valence-electron chi connectivity index (χ4n) is 2.33. The van der Waals surface area contributed by atoms with Crippen LogP contribution in [0, 0.1) is 0 Å². The molecule has 130 valence electrons. The fraction of sp³-hybridized carbons (Fsp3) is 0.118. The Balaban J connectivity index is 1.89. The van der Waals surface area contributed by atoms with Crippen LogP contribution >= 0.6 is 22.9 Å². The zero-order valence-electron chi connectivity index (χ0n) is 12.9. The number of furan rings is 1. The van der Waals surface area contributed by atoms with E-state index in [1.54, 1.807) is 47.8 Å². The molecule has 0 saturated heterocycles. The summed E-state index contributed by atoms with van der Waals surface area (Å²) in [6.07, 6.45) is 1.38. The van der Waals surface area contributed by atoms with Crippen LogP contribution in [0.2, 0.25) is 5.02 Å². The van der Waals surface area contributed by atoms with Crippen molar-refractivity contribution in [2.45, 2.75) is 9.46 Å². The highest BCUT2D eigenvalue weighted by molar-refractivity contribution is 7.93. The van der Waals surface area contributed by atoms with E-state index in [4.69, 9.17) is 16.0 Å². The molecule has 2 aromatic heterocycles. The van der Waals surface area contributed by atoms with Gasteiger partial charge in [0.25, 0.3) is 5.91 Å². The first-order valence-corrected chi connectivity index (χ1v) is 10.1. The fourth-order valence-corrected chi connectivity index (χ4v) is 5.32. The maximum atomic E-state index is 13.0. The predicted molar refractivity (Wildman–Crippen MR) is 96.7 cm³/mol. The van der Waals surface area contributed by atoms with Gasteiger partial charge in [-0.05, 0) is 41.3 Å². The third kappa shape index (κ3) is 3.95. The van der Waals surface area contributed by atoms with E-state index >= 15 is 0 Å². The summed E-state index contributed by atoms with van der Waals surface area (Å²) in [7, 11) is -3.66. The molecule has 0 aliphatic rings. The van der Waals surface area contributed by atoms with Gasteiger partial charge in [-0.15, -0.1) is 11.3 Å². The highest BCUT2D eigenvalue weighted by Gasteiger charge is 2.30. The van der Waals surface area contributed by atoms with Crippen LogP contribution in [0.3, 0.4) is 0 Å². The van der Waals surface area contributed by atoms with Gasteiger partial charge in [-0.25, -0.2) is 8.42 Å². The van der Waals surface area contributed by atoms with Gasteiger partial charge in [-0.1, -0.05) is 29.8 Å². The smallest absolute Gasteiger partial charge is 0.287 e. The quantitative estimate of drug-likeness (QED) is 0.685. The van der Waals surface area contributed by atoms with Gasteiger partial charge in [0, 0.05) is 11.6 Å². The van der Waals surface area contributed by atoms with Gasteiger partial charge in [0.05, 0.1) is 6.26 Å². The zero-order valence-corrected chi connectivity index (χ0v) is 15.3. The lowest BCUT2D eigenvalue weighted by Gasteiger charge is -2.18. The lowest BCUT2D eigenvalue weighted by molar-refractivity contribution is 0.0926. The maximum absolute atomic E-state index is 13.0. The summed E-state index contributed by atoms with van der Waals surface area (Å²) >= 11 is 7.04. The molecule has 0 bridgehead atoms. The summed E-state index contributed by atoms with van der Waals surface area (Å²) in [5, 5.41) is 3.91. The number of carbonyl (C=O) groups is 1. The number of benzene rings is 1. The maximum Gasteiger partial charge on any atom is 0.287 e. The lowest BCUT2D eigenvalue weighted by atomic mass is 10.1. The highest BCUT2D eigenvalue weighted by Crippen LogP contribution is 2.31. The Morgan fingerprint density at radius 1 is 1.16 bits per heavy atom. The average Bonchev–Trinajstić information content (AvgIpc) is 3.30. The molecule has 3 rings (SSSR count). The van der Waals surface area contributed by atoms with Crippen LogP contribution < -0.4 is 5.32 Å². The standard InChI is InChI=1S/C17H14ClNO4S2/c18-13-7-5-12(6-8-13)15(25(21,22)16-4-2-10-24-16)11-19-17(20)14-3-1-9-23-14/h1-10,15H,11H2,(H,19,20)/t15-/m1/s1. The Hall–Kier alpha value is -2.09. The molecule has 25 heavy (non-hydrogen) atoms. The molecule has 3 aromatic rings. The lowest BCUT2D eigenvalue weighted by Crippen LogP contribution is -2.31. The van der Waals surface area contributed by atoms with Crippen molar-refractivity contribution in [2.75, 3.05) is 6.54 Å². The number of halogens is 1. The first kappa shape index (κ1) is 17.7. The third-order valence-corrected chi connectivity index (χ3v) is 7.37. The Morgan fingerprint density at radius 3 is 2.52 bits per heavy atom. The first-order chi connectivity index (χ1) is 12.0. The molecular formula is C17H14ClNO4S2. The average molecular weight is 396 g/mol. The van der Waals surface area contributed by atoms with Crippen LogP contribution in [0.4, 0.5) is 0 Å². The van der Waals surface area contributed by atoms with Crippen LogP contribution in [0.15, 0.2) is 68.8 Å². The molecule has 0 saturated carbocycles. The molecule has 1 atom stereocenters. The molecule has 0 aliphatic carbocycles. The van der Waals surface area contributed by atoms with Gasteiger partial charge < -0.3 is 9.73 Å². The second-order valence-electron chi connectivity index (χ2n) is 5.20. The molecule has 0 aliphatic heterocycles. The minimum absolute atomic E-state index is 0.0819. The number of nitrogens with one attached hydrogen (secondary N) is 1. The number of amides is 1. The summed E-state index contributed by atoms with van der Waals surface area (Å²) in [5.74, 6) is -0.339. The van der Waals surface area contributed by atoms with Crippen molar-refractivity contribution in [1.82, 2.24) is 5.32 Å². The molecule has 0 radical (unpaired) electrons. The molecule has 2 heterocycles. The van der Waals surface area contributed by atoms with E-state index in [0.717, 1.165) is 11.3 Å². The molecule has 1 N–H and O–H groups in total. The Morgan fingerprint density at radius 2 is 1.92 bits per heavy atom. The molecule has 8 heteroatoms. The highest BCUT2D eigenvalue weighted by atomic mass is 35.5. The monoisotopic (exact) mass is 395 g/mol.